The molecule has 0 unspecified atom stereocenters. The van der Waals surface area contributed by atoms with Crippen LogP contribution in [0.4, 0.5) is 0 Å². The molecule has 4 nitrogen and oxygen atoms in total. The lowest BCUT2D eigenvalue weighted by molar-refractivity contribution is 0.412. The zero-order valence-corrected chi connectivity index (χ0v) is 12.7. The molecule has 0 bridgehead atoms. The molecule has 0 radical (unpaired) electrons. The van der Waals surface area contributed by atoms with Crippen LogP contribution in [0.3, 0.4) is 0 Å². The molecule has 0 N–H and O–H groups in total. The fourth-order valence-electron chi connectivity index (χ4n) is 1.92. The lowest BCUT2D eigenvalue weighted by atomic mass is 9.94. The van der Waals surface area contributed by atoms with Gasteiger partial charge in [0.2, 0.25) is 0 Å². The molecule has 0 aliphatic heterocycles. The topological polar surface area (TPSA) is 51.6 Å². The molecule has 1 aromatic rings. The molecular weight excluding hydrogens is 260 g/mol. The summed E-state index contributed by atoms with van der Waals surface area (Å²) in [6.07, 6.45) is 4.53. The maximum absolute atomic E-state index is 12.2. The van der Waals surface area contributed by atoms with Gasteiger partial charge in [-0.3, -0.25) is 4.98 Å². The second-order valence-electron chi connectivity index (χ2n) is 5.62. The molecule has 1 heterocycles. The van der Waals surface area contributed by atoms with E-state index < -0.39 is 11.0 Å². The second-order valence-corrected chi connectivity index (χ2v) is 7.53. The second kappa shape index (κ2) is 5.41. The van der Waals surface area contributed by atoms with E-state index in [1.54, 1.807) is 13.3 Å². The summed E-state index contributed by atoms with van der Waals surface area (Å²) in [5.41, 5.74) is 2.90. The SMILES string of the molecule is COc1cnc2c(c1)/C(=N/[S@](=O)C(C)(C)C)CCC2. The molecule has 5 heteroatoms. The lowest BCUT2D eigenvalue weighted by Gasteiger charge is -2.20. The molecule has 0 fully saturated rings. The van der Waals surface area contributed by atoms with E-state index in [0.717, 1.165) is 42.0 Å². The maximum Gasteiger partial charge on any atom is 0.145 e. The van der Waals surface area contributed by atoms with Gasteiger partial charge in [-0.15, -0.1) is 0 Å². The fourth-order valence-corrected chi connectivity index (χ4v) is 2.59. The summed E-state index contributed by atoms with van der Waals surface area (Å²) >= 11 is 0. The van der Waals surface area contributed by atoms with E-state index in [1.807, 2.05) is 26.8 Å². The van der Waals surface area contributed by atoms with Crippen molar-refractivity contribution in [1.29, 1.82) is 0 Å². The number of ether oxygens (including phenoxy) is 1. The van der Waals surface area contributed by atoms with Gasteiger partial charge in [0.15, 0.2) is 0 Å². The molecule has 0 amide bonds. The Morgan fingerprint density at radius 1 is 1.37 bits per heavy atom. The van der Waals surface area contributed by atoms with Crippen molar-refractivity contribution in [1.82, 2.24) is 4.98 Å². The Morgan fingerprint density at radius 3 is 2.74 bits per heavy atom. The Morgan fingerprint density at radius 2 is 2.11 bits per heavy atom. The molecule has 0 saturated carbocycles. The van der Waals surface area contributed by atoms with Gasteiger partial charge >= 0.3 is 0 Å². The maximum atomic E-state index is 12.2. The molecule has 1 aliphatic rings. The van der Waals surface area contributed by atoms with Crippen molar-refractivity contribution in [2.45, 2.75) is 44.8 Å². The summed E-state index contributed by atoms with van der Waals surface area (Å²) in [6.45, 7) is 5.79. The van der Waals surface area contributed by atoms with Crippen molar-refractivity contribution in [3.8, 4) is 5.75 Å². The monoisotopic (exact) mass is 280 g/mol. The highest BCUT2D eigenvalue weighted by Crippen LogP contribution is 2.25. The average Bonchev–Trinajstić information content (AvgIpc) is 2.37. The van der Waals surface area contributed by atoms with Crippen molar-refractivity contribution in [3.63, 3.8) is 0 Å². The van der Waals surface area contributed by atoms with Crippen molar-refractivity contribution in [2.24, 2.45) is 4.40 Å². The van der Waals surface area contributed by atoms with Crippen LogP contribution in [0.25, 0.3) is 0 Å². The molecule has 104 valence electrons. The first-order valence-electron chi connectivity index (χ1n) is 6.44. The van der Waals surface area contributed by atoms with Gasteiger partial charge in [-0.1, -0.05) is 0 Å². The summed E-state index contributed by atoms with van der Waals surface area (Å²) in [5, 5.41) is 0. The summed E-state index contributed by atoms with van der Waals surface area (Å²) in [7, 11) is 0.390. The number of fused-ring (bicyclic) bond motifs is 1. The van der Waals surface area contributed by atoms with Gasteiger partial charge in [0.05, 0.1) is 23.8 Å². The van der Waals surface area contributed by atoms with Crippen molar-refractivity contribution >= 4 is 16.7 Å². The molecule has 0 spiro atoms. The first kappa shape index (κ1) is 14.2. The number of aromatic nitrogens is 1. The number of pyridine rings is 1. The van der Waals surface area contributed by atoms with Crippen LogP contribution < -0.4 is 4.74 Å². The minimum atomic E-state index is -1.23. The Kier molecular flexibility index (Phi) is 4.04. The van der Waals surface area contributed by atoms with E-state index in [0.29, 0.717) is 0 Å². The van der Waals surface area contributed by atoms with Crippen LogP contribution in [0.15, 0.2) is 16.7 Å². The van der Waals surface area contributed by atoms with Gasteiger partial charge in [-0.2, -0.15) is 4.40 Å². The van der Waals surface area contributed by atoms with E-state index in [9.17, 15) is 4.21 Å². The van der Waals surface area contributed by atoms with Crippen molar-refractivity contribution in [2.75, 3.05) is 7.11 Å². The highest BCUT2D eigenvalue weighted by atomic mass is 32.2. The molecule has 1 atom stereocenters. The summed E-state index contributed by atoms with van der Waals surface area (Å²) < 4.78 is 21.5. The minimum Gasteiger partial charge on any atom is -0.495 e. The Balaban J connectivity index is 2.41. The van der Waals surface area contributed by atoms with Gasteiger partial charge in [-0.25, -0.2) is 4.21 Å². The fraction of sp³-hybridized carbons (Fsp3) is 0.571. The van der Waals surface area contributed by atoms with Crippen LogP contribution in [-0.4, -0.2) is 26.8 Å². The summed E-state index contributed by atoms with van der Waals surface area (Å²) in [5.74, 6) is 0.717. The van der Waals surface area contributed by atoms with Crippen molar-refractivity contribution < 1.29 is 8.95 Å². The van der Waals surface area contributed by atoms with Crippen LogP contribution in [0.1, 0.15) is 44.9 Å². The summed E-state index contributed by atoms with van der Waals surface area (Å²) in [4.78, 5) is 4.40. The highest BCUT2D eigenvalue weighted by molar-refractivity contribution is 7.85. The smallest absolute Gasteiger partial charge is 0.145 e. The Hall–Kier alpha value is -1.23. The van der Waals surface area contributed by atoms with E-state index in [4.69, 9.17) is 4.74 Å². The third-order valence-corrected chi connectivity index (χ3v) is 4.47. The Labute approximate surface area is 116 Å². The normalized spacial score (nSPS) is 19.1. The number of hydrogen-bond acceptors (Lipinski definition) is 3. The van der Waals surface area contributed by atoms with E-state index in [-0.39, 0.29) is 4.75 Å². The van der Waals surface area contributed by atoms with Crippen LogP contribution in [0.2, 0.25) is 0 Å². The predicted octanol–water partition coefficient (Wildman–Crippen LogP) is 2.68. The third kappa shape index (κ3) is 3.21. The Bertz CT molecular complexity index is 533. The van der Waals surface area contributed by atoms with Gasteiger partial charge in [0.1, 0.15) is 16.7 Å². The van der Waals surface area contributed by atoms with Crippen LogP contribution >= 0.6 is 0 Å². The molecule has 19 heavy (non-hydrogen) atoms. The number of methoxy groups -OCH3 is 1. The van der Waals surface area contributed by atoms with E-state index >= 15 is 0 Å². The van der Waals surface area contributed by atoms with E-state index in [2.05, 4.69) is 9.38 Å². The van der Waals surface area contributed by atoms with Crippen molar-refractivity contribution in [3.05, 3.63) is 23.5 Å². The van der Waals surface area contributed by atoms with Crippen LogP contribution in [0.5, 0.6) is 5.75 Å². The first-order chi connectivity index (χ1) is 8.91. The number of rotatable bonds is 2. The predicted molar refractivity (Wildman–Crippen MR) is 78.2 cm³/mol. The quantitative estimate of drug-likeness (QED) is 0.837. The van der Waals surface area contributed by atoms with Gasteiger partial charge in [-0.05, 0) is 46.1 Å². The standard InChI is InChI=1S/C14H20N2O2S/c1-14(2,3)19(17)16-13-7-5-6-12-11(13)8-10(18-4)9-15-12/h8-9H,5-7H2,1-4H3/b16-13+/t19-/m1/s1. The van der Waals surface area contributed by atoms with Crippen LogP contribution in [-0.2, 0) is 17.4 Å². The van der Waals surface area contributed by atoms with Gasteiger partial charge < -0.3 is 4.74 Å². The van der Waals surface area contributed by atoms with Crippen LogP contribution in [0, 0.1) is 0 Å². The molecular formula is C14H20N2O2S. The number of hydrogen-bond donors (Lipinski definition) is 0. The molecule has 2 rings (SSSR count). The molecule has 0 saturated heterocycles. The number of aryl methyl sites for hydroxylation is 1. The van der Waals surface area contributed by atoms with Gasteiger partial charge in [0.25, 0.3) is 0 Å². The number of nitrogens with zero attached hydrogens (tertiary/aromatic N) is 2. The van der Waals surface area contributed by atoms with Gasteiger partial charge in [0, 0.05) is 11.3 Å². The average molecular weight is 280 g/mol. The largest absolute Gasteiger partial charge is 0.495 e. The molecule has 1 aromatic heterocycles. The first-order valence-corrected chi connectivity index (χ1v) is 7.55. The zero-order valence-electron chi connectivity index (χ0n) is 11.9. The third-order valence-electron chi connectivity index (χ3n) is 3.04. The molecule has 0 aromatic carbocycles. The zero-order chi connectivity index (χ0) is 14.0. The lowest BCUT2D eigenvalue weighted by Crippen LogP contribution is -2.22. The summed E-state index contributed by atoms with van der Waals surface area (Å²) in [6, 6.07) is 1.94. The highest BCUT2D eigenvalue weighted by Gasteiger charge is 2.23. The minimum absolute atomic E-state index is 0.336. The van der Waals surface area contributed by atoms with E-state index in [1.165, 1.54) is 0 Å². The molecule has 1 aliphatic carbocycles.